The van der Waals surface area contributed by atoms with Gasteiger partial charge in [-0.25, -0.2) is 4.79 Å². The van der Waals surface area contributed by atoms with Gasteiger partial charge in [-0.3, -0.25) is 0 Å². The number of rotatable bonds is 4. The van der Waals surface area contributed by atoms with Crippen molar-refractivity contribution in [1.29, 1.82) is 0 Å². The van der Waals surface area contributed by atoms with Crippen LogP contribution in [0, 0.1) is 0 Å². The van der Waals surface area contributed by atoms with Gasteiger partial charge in [0.25, 0.3) is 0 Å². The van der Waals surface area contributed by atoms with E-state index in [9.17, 15) is 4.79 Å². The first-order valence-corrected chi connectivity index (χ1v) is 3.35. The van der Waals surface area contributed by atoms with Gasteiger partial charge in [0.15, 0.2) is 6.79 Å². The highest BCUT2D eigenvalue weighted by Crippen LogP contribution is 1.85. The summed E-state index contributed by atoms with van der Waals surface area (Å²) in [5.41, 5.74) is 5.64. The summed E-state index contributed by atoms with van der Waals surface area (Å²) in [5.74, 6) is -0.474. The molecule has 64 valence electrons. The maximum Gasteiger partial charge on any atom is 0.334 e. The second-order valence-corrected chi connectivity index (χ2v) is 1.96. The van der Waals surface area contributed by atoms with Gasteiger partial charge in [0.1, 0.15) is 0 Å². The van der Waals surface area contributed by atoms with Gasteiger partial charge in [0.2, 0.25) is 0 Å². The van der Waals surface area contributed by atoms with E-state index in [1.807, 2.05) is 6.92 Å². The van der Waals surface area contributed by atoms with Crippen molar-refractivity contribution in [2.45, 2.75) is 13.8 Å². The second-order valence-electron chi connectivity index (χ2n) is 1.96. The number of carbonyl (C=O) groups excluding carboxylic acids is 1. The summed E-state index contributed by atoms with van der Waals surface area (Å²) in [6.07, 6.45) is 1.21. The van der Waals surface area contributed by atoms with Crippen LogP contribution in [0.3, 0.4) is 0 Å². The molecule has 0 aromatic carbocycles. The van der Waals surface area contributed by atoms with E-state index in [1.165, 1.54) is 6.08 Å². The van der Waals surface area contributed by atoms with Crippen LogP contribution >= 0.6 is 0 Å². The highest BCUT2D eigenvalue weighted by atomic mass is 16.7. The molecule has 4 nitrogen and oxygen atoms in total. The highest BCUT2D eigenvalue weighted by Gasteiger charge is 1.95. The number of hydrogen-bond acceptors (Lipinski definition) is 4. The first kappa shape index (κ1) is 9.97. The average Bonchev–Trinajstić information content (AvgIpc) is 1.86. The lowest BCUT2D eigenvalue weighted by molar-refractivity contribution is -0.149. The minimum Gasteiger partial charge on any atom is -0.435 e. The van der Waals surface area contributed by atoms with E-state index >= 15 is 0 Å². The Morgan fingerprint density at radius 3 is 2.73 bits per heavy atom. The molecule has 0 aromatic rings. The molecule has 0 atom stereocenters. The summed E-state index contributed by atoms with van der Waals surface area (Å²) in [6.45, 7) is 3.94. The van der Waals surface area contributed by atoms with Gasteiger partial charge in [0.05, 0.1) is 0 Å². The molecule has 0 aromatic heterocycles. The Kier molecular flexibility index (Phi) is 5.20. The minimum atomic E-state index is -0.474. The van der Waals surface area contributed by atoms with Gasteiger partial charge in [-0.2, -0.15) is 0 Å². The molecule has 0 spiro atoms. The maximum absolute atomic E-state index is 10.7. The van der Waals surface area contributed by atoms with Crippen LogP contribution in [-0.4, -0.2) is 19.4 Å². The Hall–Kier alpha value is -1.03. The molecular formula is C7H13NO3. The topological polar surface area (TPSA) is 61.5 Å². The van der Waals surface area contributed by atoms with Gasteiger partial charge >= 0.3 is 5.97 Å². The van der Waals surface area contributed by atoms with Crippen LogP contribution < -0.4 is 5.73 Å². The second kappa shape index (κ2) is 5.73. The summed E-state index contributed by atoms with van der Waals surface area (Å²) in [5, 5.41) is 0. The lowest BCUT2D eigenvalue weighted by Gasteiger charge is -2.00. The molecule has 0 unspecified atom stereocenters. The molecule has 11 heavy (non-hydrogen) atoms. The van der Waals surface area contributed by atoms with E-state index in [2.05, 4.69) is 4.74 Å². The van der Waals surface area contributed by atoms with Crippen molar-refractivity contribution in [3.8, 4) is 0 Å². The smallest absolute Gasteiger partial charge is 0.334 e. The quantitative estimate of drug-likeness (QED) is 0.279. The fourth-order valence-corrected chi connectivity index (χ4v) is 0.411. The van der Waals surface area contributed by atoms with Crippen LogP contribution in [-0.2, 0) is 14.3 Å². The normalized spacial score (nSPS) is 11.3. The Balaban J connectivity index is 3.46. The summed E-state index contributed by atoms with van der Waals surface area (Å²) >= 11 is 0. The molecule has 0 amide bonds. The molecule has 0 aliphatic carbocycles. The zero-order valence-electron chi connectivity index (χ0n) is 6.79. The number of esters is 1. The van der Waals surface area contributed by atoms with E-state index in [0.717, 1.165) is 0 Å². The number of ether oxygens (including phenoxy) is 2. The van der Waals surface area contributed by atoms with Crippen LogP contribution in [0.2, 0.25) is 0 Å². The molecule has 0 aliphatic rings. The fourth-order valence-electron chi connectivity index (χ4n) is 0.411. The van der Waals surface area contributed by atoms with Crippen molar-refractivity contribution >= 4 is 5.97 Å². The van der Waals surface area contributed by atoms with Gasteiger partial charge in [0, 0.05) is 18.4 Å². The SMILES string of the molecule is CCOCOC(=O)C=C(C)N. The summed E-state index contributed by atoms with van der Waals surface area (Å²) < 4.78 is 9.35. The number of hydrogen-bond donors (Lipinski definition) is 1. The van der Waals surface area contributed by atoms with Crippen LogP contribution in [0.15, 0.2) is 11.8 Å². The highest BCUT2D eigenvalue weighted by molar-refractivity contribution is 5.82. The number of allylic oxidation sites excluding steroid dienone is 1. The van der Waals surface area contributed by atoms with Gasteiger partial charge < -0.3 is 15.2 Å². The molecule has 0 heterocycles. The molecule has 0 rings (SSSR count). The van der Waals surface area contributed by atoms with E-state index in [0.29, 0.717) is 12.3 Å². The molecule has 2 N–H and O–H groups in total. The monoisotopic (exact) mass is 159 g/mol. The predicted octanol–water partition coefficient (Wildman–Crippen LogP) is 0.386. The Morgan fingerprint density at radius 1 is 1.64 bits per heavy atom. The van der Waals surface area contributed by atoms with Crippen LogP contribution in [0.5, 0.6) is 0 Å². The molecule has 0 aliphatic heterocycles. The van der Waals surface area contributed by atoms with Crippen molar-refractivity contribution in [3.05, 3.63) is 11.8 Å². The Morgan fingerprint density at radius 2 is 2.27 bits per heavy atom. The molecule has 0 bridgehead atoms. The standard InChI is InChI=1S/C7H13NO3/c1-3-10-5-11-7(9)4-6(2)8/h4H,3,5,8H2,1-2H3. The van der Waals surface area contributed by atoms with Gasteiger partial charge in [-0.15, -0.1) is 0 Å². The molecule has 0 radical (unpaired) electrons. The Labute approximate surface area is 66.0 Å². The molecule has 4 heteroatoms. The minimum absolute atomic E-state index is 0.0148. The first-order chi connectivity index (χ1) is 5.16. The largest absolute Gasteiger partial charge is 0.435 e. The third-order valence-corrected chi connectivity index (χ3v) is 0.834. The van der Waals surface area contributed by atoms with Crippen molar-refractivity contribution < 1.29 is 14.3 Å². The Bertz CT molecular complexity index is 150. The molecule has 0 saturated heterocycles. The van der Waals surface area contributed by atoms with Crippen LogP contribution in [0.1, 0.15) is 13.8 Å². The third-order valence-electron chi connectivity index (χ3n) is 0.834. The number of carbonyl (C=O) groups is 1. The summed E-state index contributed by atoms with van der Waals surface area (Å²) in [4.78, 5) is 10.7. The van der Waals surface area contributed by atoms with Crippen molar-refractivity contribution in [2.75, 3.05) is 13.4 Å². The average molecular weight is 159 g/mol. The lowest BCUT2D eigenvalue weighted by Crippen LogP contribution is -2.07. The predicted molar refractivity (Wildman–Crippen MR) is 40.5 cm³/mol. The lowest BCUT2D eigenvalue weighted by atomic mass is 10.4. The first-order valence-electron chi connectivity index (χ1n) is 3.35. The van der Waals surface area contributed by atoms with E-state index in [1.54, 1.807) is 6.92 Å². The van der Waals surface area contributed by atoms with Gasteiger partial charge in [-0.1, -0.05) is 0 Å². The zero-order valence-corrected chi connectivity index (χ0v) is 6.79. The van der Waals surface area contributed by atoms with E-state index in [4.69, 9.17) is 10.5 Å². The summed E-state index contributed by atoms with van der Waals surface area (Å²) in [7, 11) is 0. The summed E-state index contributed by atoms with van der Waals surface area (Å²) in [6, 6.07) is 0. The molecule has 0 saturated carbocycles. The number of nitrogens with two attached hydrogens (primary N) is 1. The maximum atomic E-state index is 10.7. The zero-order chi connectivity index (χ0) is 8.69. The fraction of sp³-hybridized carbons (Fsp3) is 0.571. The van der Waals surface area contributed by atoms with Gasteiger partial charge in [-0.05, 0) is 13.8 Å². The third kappa shape index (κ3) is 6.86. The van der Waals surface area contributed by atoms with Crippen molar-refractivity contribution in [2.24, 2.45) is 5.73 Å². The van der Waals surface area contributed by atoms with Crippen LogP contribution in [0.25, 0.3) is 0 Å². The molecular weight excluding hydrogens is 146 g/mol. The van der Waals surface area contributed by atoms with Crippen LogP contribution in [0.4, 0.5) is 0 Å². The van der Waals surface area contributed by atoms with Crippen molar-refractivity contribution in [3.63, 3.8) is 0 Å². The van der Waals surface area contributed by atoms with Crippen molar-refractivity contribution in [1.82, 2.24) is 0 Å². The van der Waals surface area contributed by atoms with E-state index < -0.39 is 5.97 Å². The van der Waals surface area contributed by atoms with E-state index in [-0.39, 0.29) is 6.79 Å². The molecule has 0 fully saturated rings.